The molecule has 0 amide bonds. The van der Waals surface area contributed by atoms with Crippen LogP contribution in [0.15, 0.2) is 4.99 Å². The molecule has 1 saturated heterocycles. The molecule has 0 spiro atoms. The number of aliphatic imine (C=N–C) groups is 1. The highest BCUT2D eigenvalue weighted by Gasteiger charge is 2.31. The van der Waals surface area contributed by atoms with E-state index in [4.69, 9.17) is 14.5 Å². The van der Waals surface area contributed by atoms with Crippen LogP contribution in [0.3, 0.4) is 0 Å². The molecule has 0 bridgehead atoms. The number of nitrogens with zero attached hydrogens (tertiary/aromatic N) is 1. The molecule has 0 aromatic heterocycles. The van der Waals surface area contributed by atoms with Crippen LogP contribution in [0.25, 0.3) is 0 Å². The Kier molecular flexibility index (Phi) is 12.1. The van der Waals surface area contributed by atoms with Gasteiger partial charge in [0.25, 0.3) is 0 Å². The zero-order valence-corrected chi connectivity index (χ0v) is 18.5. The van der Waals surface area contributed by atoms with Gasteiger partial charge < -0.3 is 20.1 Å². The standard InChI is InChI=1S/C19H37N3O2.HI/c1-3-19(10-5-6-11-19)16-22-18(20-4-2)21-12-7-13-24-17-8-14-23-15-9-17;/h17H,3-16H2,1-2H3,(H2,20,21,22);1H. The van der Waals surface area contributed by atoms with Gasteiger partial charge in [0.2, 0.25) is 0 Å². The van der Waals surface area contributed by atoms with E-state index in [1.165, 1.54) is 32.1 Å². The summed E-state index contributed by atoms with van der Waals surface area (Å²) in [5.74, 6) is 0.961. The molecule has 148 valence electrons. The molecule has 5 nitrogen and oxygen atoms in total. The fraction of sp³-hybridized carbons (Fsp3) is 0.947. The van der Waals surface area contributed by atoms with E-state index in [1.54, 1.807) is 0 Å². The number of halogens is 1. The van der Waals surface area contributed by atoms with Gasteiger partial charge in [-0.1, -0.05) is 19.8 Å². The predicted octanol–water partition coefficient (Wildman–Crippen LogP) is 3.72. The van der Waals surface area contributed by atoms with E-state index in [1.807, 2.05) is 0 Å². The summed E-state index contributed by atoms with van der Waals surface area (Å²) in [7, 11) is 0. The lowest BCUT2D eigenvalue weighted by molar-refractivity contribution is -0.0320. The van der Waals surface area contributed by atoms with Crippen molar-refractivity contribution in [1.29, 1.82) is 0 Å². The van der Waals surface area contributed by atoms with E-state index in [9.17, 15) is 0 Å². The van der Waals surface area contributed by atoms with E-state index in [2.05, 4.69) is 24.5 Å². The largest absolute Gasteiger partial charge is 0.381 e. The Morgan fingerprint density at radius 3 is 2.52 bits per heavy atom. The van der Waals surface area contributed by atoms with E-state index >= 15 is 0 Å². The molecular weight excluding hydrogens is 429 g/mol. The normalized spacial score (nSPS) is 21.0. The molecule has 0 atom stereocenters. The number of rotatable bonds is 9. The van der Waals surface area contributed by atoms with Gasteiger partial charge >= 0.3 is 0 Å². The Labute approximate surface area is 171 Å². The molecule has 0 aromatic carbocycles. The van der Waals surface area contributed by atoms with Crippen molar-refractivity contribution in [3.63, 3.8) is 0 Å². The van der Waals surface area contributed by atoms with Crippen LogP contribution in [0.5, 0.6) is 0 Å². The third kappa shape index (κ3) is 8.43. The van der Waals surface area contributed by atoms with Crippen LogP contribution in [0.1, 0.15) is 65.2 Å². The number of nitrogens with one attached hydrogen (secondary N) is 2. The number of hydrogen-bond acceptors (Lipinski definition) is 3. The van der Waals surface area contributed by atoms with Gasteiger partial charge in [0.1, 0.15) is 0 Å². The summed E-state index contributed by atoms with van der Waals surface area (Å²) in [5.41, 5.74) is 0.453. The van der Waals surface area contributed by atoms with Crippen LogP contribution in [0.4, 0.5) is 0 Å². The monoisotopic (exact) mass is 467 g/mol. The van der Waals surface area contributed by atoms with Gasteiger partial charge in [0, 0.05) is 39.5 Å². The first-order chi connectivity index (χ1) is 11.8. The van der Waals surface area contributed by atoms with Crippen LogP contribution in [0.2, 0.25) is 0 Å². The maximum Gasteiger partial charge on any atom is 0.191 e. The lowest BCUT2D eigenvalue weighted by Crippen LogP contribution is -2.39. The second kappa shape index (κ2) is 13.1. The van der Waals surface area contributed by atoms with Gasteiger partial charge in [0.15, 0.2) is 5.96 Å². The van der Waals surface area contributed by atoms with E-state index in [0.29, 0.717) is 11.5 Å². The van der Waals surface area contributed by atoms with Crippen molar-refractivity contribution in [2.24, 2.45) is 10.4 Å². The maximum absolute atomic E-state index is 5.92. The second-order valence-electron chi connectivity index (χ2n) is 7.22. The first-order valence-corrected chi connectivity index (χ1v) is 9.99. The van der Waals surface area contributed by atoms with Crippen LogP contribution < -0.4 is 10.6 Å². The van der Waals surface area contributed by atoms with Gasteiger partial charge in [-0.3, -0.25) is 4.99 Å². The molecule has 2 fully saturated rings. The van der Waals surface area contributed by atoms with Crippen molar-refractivity contribution in [1.82, 2.24) is 10.6 Å². The number of hydrogen-bond donors (Lipinski definition) is 2. The Morgan fingerprint density at radius 2 is 1.88 bits per heavy atom. The summed E-state index contributed by atoms with van der Waals surface area (Å²) < 4.78 is 11.3. The highest BCUT2D eigenvalue weighted by molar-refractivity contribution is 14.0. The van der Waals surface area contributed by atoms with Gasteiger partial charge in [-0.05, 0) is 50.9 Å². The average molecular weight is 467 g/mol. The Morgan fingerprint density at radius 1 is 1.16 bits per heavy atom. The Bertz CT molecular complexity index is 368. The summed E-state index contributed by atoms with van der Waals surface area (Å²) in [6.45, 7) is 9.72. The highest BCUT2D eigenvalue weighted by Crippen LogP contribution is 2.41. The SMILES string of the molecule is CCNC(=NCC1(CC)CCCC1)NCCCOC1CCOCC1.I. The minimum atomic E-state index is 0. The second-order valence-corrected chi connectivity index (χ2v) is 7.22. The first kappa shape index (κ1) is 23.0. The maximum atomic E-state index is 5.92. The molecule has 0 unspecified atom stereocenters. The minimum absolute atomic E-state index is 0. The molecule has 0 radical (unpaired) electrons. The van der Waals surface area contributed by atoms with E-state index in [0.717, 1.165) is 64.7 Å². The van der Waals surface area contributed by atoms with Crippen molar-refractivity contribution in [2.75, 3.05) is 39.5 Å². The number of guanidine groups is 1. The van der Waals surface area contributed by atoms with Crippen LogP contribution >= 0.6 is 24.0 Å². The third-order valence-corrected chi connectivity index (χ3v) is 5.47. The summed E-state index contributed by atoms with van der Waals surface area (Å²) in [6, 6.07) is 0. The van der Waals surface area contributed by atoms with Crippen molar-refractivity contribution < 1.29 is 9.47 Å². The molecule has 1 heterocycles. The lowest BCUT2D eigenvalue weighted by Gasteiger charge is -2.25. The van der Waals surface area contributed by atoms with Crippen molar-refractivity contribution in [3.05, 3.63) is 0 Å². The third-order valence-electron chi connectivity index (χ3n) is 5.47. The van der Waals surface area contributed by atoms with E-state index in [-0.39, 0.29) is 24.0 Å². The zero-order chi connectivity index (χ0) is 17.1. The van der Waals surface area contributed by atoms with Gasteiger partial charge in [-0.2, -0.15) is 0 Å². The molecule has 1 saturated carbocycles. The predicted molar refractivity (Wildman–Crippen MR) is 115 cm³/mol. The summed E-state index contributed by atoms with van der Waals surface area (Å²) in [4.78, 5) is 4.86. The lowest BCUT2D eigenvalue weighted by atomic mass is 9.84. The van der Waals surface area contributed by atoms with Crippen LogP contribution in [-0.4, -0.2) is 51.5 Å². The minimum Gasteiger partial charge on any atom is -0.381 e. The molecule has 0 aromatic rings. The van der Waals surface area contributed by atoms with Crippen molar-refractivity contribution >= 4 is 29.9 Å². The molecular formula is C19H38IN3O2. The van der Waals surface area contributed by atoms with Gasteiger partial charge in [-0.15, -0.1) is 24.0 Å². The molecule has 2 aliphatic rings. The summed E-state index contributed by atoms with van der Waals surface area (Å²) in [5, 5.41) is 6.83. The van der Waals surface area contributed by atoms with Crippen LogP contribution in [-0.2, 0) is 9.47 Å². The van der Waals surface area contributed by atoms with Crippen molar-refractivity contribution in [3.8, 4) is 0 Å². The Hall–Kier alpha value is -0.0800. The molecule has 1 aliphatic carbocycles. The molecule has 1 aliphatic heterocycles. The zero-order valence-electron chi connectivity index (χ0n) is 16.1. The molecule has 2 N–H and O–H groups in total. The summed E-state index contributed by atoms with van der Waals surface area (Å²) >= 11 is 0. The van der Waals surface area contributed by atoms with Gasteiger partial charge in [-0.25, -0.2) is 0 Å². The van der Waals surface area contributed by atoms with Crippen LogP contribution in [0, 0.1) is 5.41 Å². The highest BCUT2D eigenvalue weighted by atomic mass is 127. The fourth-order valence-electron chi connectivity index (χ4n) is 3.71. The molecule has 6 heteroatoms. The van der Waals surface area contributed by atoms with E-state index < -0.39 is 0 Å². The Balaban J connectivity index is 0.00000312. The molecule has 2 rings (SSSR count). The first-order valence-electron chi connectivity index (χ1n) is 9.99. The summed E-state index contributed by atoms with van der Waals surface area (Å²) in [6.07, 6.45) is 10.2. The topological polar surface area (TPSA) is 54.9 Å². The fourth-order valence-corrected chi connectivity index (χ4v) is 3.71. The molecule has 25 heavy (non-hydrogen) atoms. The number of ether oxygens (including phenoxy) is 2. The van der Waals surface area contributed by atoms with Gasteiger partial charge in [0.05, 0.1) is 6.10 Å². The van der Waals surface area contributed by atoms with Crippen molar-refractivity contribution in [2.45, 2.75) is 71.3 Å². The average Bonchev–Trinajstić information content (AvgIpc) is 3.10. The quantitative estimate of drug-likeness (QED) is 0.235. The smallest absolute Gasteiger partial charge is 0.191 e.